The van der Waals surface area contributed by atoms with E-state index in [4.69, 9.17) is 4.74 Å². The average molecular weight is 342 g/mol. The van der Waals surface area contributed by atoms with Crippen LogP contribution in [0.4, 0.5) is 5.82 Å². The average Bonchev–Trinajstić information content (AvgIpc) is 2.68. The normalized spacial score (nSPS) is 14.9. The predicted molar refractivity (Wildman–Crippen MR) is 93.2 cm³/mol. The Bertz CT molecular complexity index is 659. The van der Waals surface area contributed by atoms with Crippen molar-refractivity contribution in [2.24, 2.45) is 0 Å². The molecule has 2 N–H and O–H groups in total. The summed E-state index contributed by atoms with van der Waals surface area (Å²) in [6.45, 7) is 5.66. The van der Waals surface area contributed by atoms with Crippen molar-refractivity contribution in [2.45, 2.75) is 6.54 Å². The molecule has 1 aliphatic heterocycles. The molecule has 0 atom stereocenters. The van der Waals surface area contributed by atoms with Crippen LogP contribution in [-0.2, 0) is 11.3 Å². The summed E-state index contributed by atoms with van der Waals surface area (Å²) in [5.74, 6) is 0.420. The zero-order valence-corrected chi connectivity index (χ0v) is 14.0. The lowest BCUT2D eigenvalue weighted by atomic mass is 10.2. The molecule has 2 aromatic rings. The first-order valence-corrected chi connectivity index (χ1v) is 8.36. The van der Waals surface area contributed by atoms with Crippen molar-refractivity contribution >= 4 is 11.7 Å². The first kappa shape index (κ1) is 17.2. The highest BCUT2D eigenvalue weighted by Gasteiger charge is 2.10. The molecule has 0 aromatic carbocycles. The van der Waals surface area contributed by atoms with E-state index in [0.29, 0.717) is 18.1 Å². The van der Waals surface area contributed by atoms with Crippen molar-refractivity contribution in [2.75, 3.05) is 44.7 Å². The Labute approximate surface area is 146 Å². The molecule has 25 heavy (non-hydrogen) atoms. The molecule has 0 radical (unpaired) electrons. The third-order valence-electron chi connectivity index (χ3n) is 3.94. The van der Waals surface area contributed by atoms with Gasteiger partial charge in [-0.05, 0) is 29.8 Å². The first-order chi connectivity index (χ1) is 12.3. The van der Waals surface area contributed by atoms with Crippen LogP contribution < -0.4 is 10.6 Å². The molecule has 1 saturated heterocycles. The van der Waals surface area contributed by atoms with Crippen molar-refractivity contribution in [1.29, 1.82) is 0 Å². The zero-order chi connectivity index (χ0) is 17.3. The minimum Gasteiger partial charge on any atom is -0.379 e. The Morgan fingerprint density at radius 1 is 1.12 bits per heavy atom. The topological polar surface area (TPSA) is 92.3 Å². The SMILES string of the molecule is O=C(NCc1ccncc1)c1ccc(NCCN2CCOCC2)nn1. The van der Waals surface area contributed by atoms with Gasteiger partial charge in [-0.1, -0.05) is 0 Å². The van der Waals surface area contributed by atoms with Crippen LogP contribution in [-0.4, -0.2) is 65.4 Å². The fraction of sp³-hybridized carbons (Fsp3) is 0.412. The quantitative estimate of drug-likeness (QED) is 0.759. The summed E-state index contributed by atoms with van der Waals surface area (Å²) in [6.07, 6.45) is 3.39. The first-order valence-electron chi connectivity index (χ1n) is 8.36. The number of ether oxygens (including phenoxy) is 1. The van der Waals surface area contributed by atoms with Crippen LogP contribution in [0.25, 0.3) is 0 Å². The Morgan fingerprint density at radius 3 is 2.64 bits per heavy atom. The maximum Gasteiger partial charge on any atom is 0.272 e. The van der Waals surface area contributed by atoms with Gasteiger partial charge >= 0.3 is 0 Å². The molecule has 8 heteroatoms. The highest BCUT2D eigenvalue weighted by atomic mass is 16.5. The Kier molecular flexibility index (Phi) is 6.24. The molecule has 0 unspecified atom stereocenters. The van der Waals surface area contributed by atoms with Crippen LogP contribution in [0, 0.1) is 0 Å². The Morgan fingerprint density at radius 2 is 1.92 bits per heavy atom. The maximum absolute atomic E-state index is 12.1. The van der Waals surface area contributed by atoms with Crippen molar-refractivity contribution in [3.8, 4) is 0 Å². The van der Waals surface area contributed by atoms with Crippen LogP contribution >= 0.6 is 0 Å². The molecule has 1 amide bonds. The van der Waals surface area contributed by atoms with Crippen LogP contribution in [0.2, 0.25) is 0 Å². The summed E-state index contributed by atoms with van der Waals surface area (Å²) < 4.78 is 5.32. The second kappa shape index (κ2) is 9.05. The Hall–Kier alpha value is -2.58. The molecule has 8 nitrogen and oxygen atoms in total. The number of morpholine rings is 1. The fourth-order valence-corrected chi connectivity index (χ4v) is 2.49. The summed E-state index contributed by atoms with van der Waals surface area (Å²) >= 11 is 0. The number of carbonyl (C=O) groups excluding carboxylic acids is 1. The standard InChI is InChI=1S/C17H22N6O2/c24-17(20-13-14-3-5-18-6-4-14)15-1-2-16(22-21-15)19-7-8-23-9-11-25-12-10-23/h1-6H,7-13H2,(H,19,22)(H,20,24). The van der Waals surface area contributed by atoms with Gasteiger partial charge in [0.25, 0.3) is 5.91 Å². The molecular formula is C17H22N6O2. The molecule has 3 heterocycles. The van der Waals surface area contributed by atoms with Gasteiger partial charge in [0.05, 0.1) is 13.2 Å². The number of rotatable bonds is 7. The zero-order valence-electron chi connectivity index (χ0n) is 14.0. The molecule has 132 valence electrons. The lowest BCUT2D eigenvalue weighted by molar-refractivity contribution is 0.0398. The van der Waals surface area contributed by atoms with Crippen molar-refractivity contribution < 1.29 is 9.53 Å². The highest BCUT2D eigenvalue weighted by Crippen LogP contribution is 2.03. The summed E-state index contributed by atoms with van der Waals surface area (Å²) in [7, 11) is 0. The summed E-state index contributed by atoms with van der Waals surface area (Å²) in [5, 5.41) is 14.1. The predicted octanol–water partition coefficient (Wildman–Crippen LogP) is 0.546. The van der Waals surface area contributed by atoms with E-state index >= 15 is 0 Å². The van der Waals surface area contributed by atoms with Gasteiger partial charge in [-0.15, -0.1) is 10.2 Å². The van der Waals surface area contributed by atoms with Crippen LogP contribution in [0.15, 0.2) is 36.7 Å². The van der Waals surface area contributed by atoms with E-state index in [0.717, 1.165) is 45.0 Å². The minimum atomic E-state index is -0.246. The van der Waals surface area contributed by atoms with Gasteiger partial charge in [-0.25, -0.2) is 0 Å². The van der Waals surface area contributed by atoms with Crippen LogP contribution in [0.3, 0.4) is 0 Å². The van der Waals surface area contributed by atoms with E-state index in [-0.39, 0.29) is 5.91 Å². The lowest BCUT2D eigenvalue weighted by Crippen LogP contribution is -2.39. The maximum atomic E-state index is 12.1. The monoisotopic (exact) mass is 342 g/mol. The summed E-state index contributed by atoms with van der Waals surface area (Å²) in [5.41, 5.74) is 1.28. The number of carbonyl (C=O) groups is 1. The molecule has 1 fully saturated rings. The summed E-state index contributed by atoms with van der Waals surface area (Å²) in [6, 6.07) is 7.15. The number of aromatic nitrogens is 3. The van der Waals surface area contributed by atoms with Gasteiger partial charge in [0.2, 0.25) is 0 Å². The summed E-state index contributed by atoms with van der Waals surface area (Å²) in [4.78, 5) is 18.4. The molecule has 0 saturated carbocycles. The van der Waals surface area contributed by atoms with E-state index in [2.05, 4.69) is 30.7 Å². The second-order valence-corrected chi connectivity index (χ2v) is 5.72. The van der Waals surface area contributed by atoms with E-state index < -0.39 is 0 Å². The van der Waals surface area contributed by atoms with Crippen molar-refractivity contribution in [3.63, 3.8) is 0 Å². The molecule has 0 spiro atoms. The fourth-order valence-electron chi connectivity index (χ4n) is 2.49. The molecule has 3 rings (SSSR count). The number of pyridine rings is 1. The van der Waals surface area contributed by atoms with E-state index in [1.807, 2.05) is 12.1 Å². The smallest absolute Gasteiger partial charge is 0.272 e. The number of nitrogens with one attached hydrogen (secondary N) is 2. The van der Waals surface area contributed by atoms with E-state index in [1.165, 1.54) is 0 Å². The number of nitrogens with zero attached hydrogens (tertiary/aromatic N) is 4. The van der Waals surface area contributed by atoms with Gasteiger partial charge in [0, 0.05) is 45.1 Å². The molecule has 0 bridgehead atoms. The van der Waals surface area contributed by atoms with Crippen molar-refractivity contribution in [3.05, 3.63) is 47.9 Å². The van der Waals surface area contributed by atoms with Crippen molar-refractivity contribution in [1.82, 2.24) is 25.4 Å². The van der Waals surface area contributed by atoms with Gasteiger partial charge in [0.15, 0.2) is 5.69 Å². The highest BCUT2D eigenvalue weighted by molar-refractivity contribution is 5.92. The van der Waals surface area contributed by atoms with Gasteiger partial charge in [-0.2, -0.15) is 0 Å². The lowest BCUT2D eigenvalue weighted by Gasteiger charge is -2.26. The molecular weight excluding hydrogens is 320 g/mol. The van der Waals surface area contributed by atoms with Gasteiger partial charge in [0.1, 0.15) is 5.82 Å². The van der Waals surface area contributed by atoms with Gasteiger partial charge in [-0.3, -0.25) is 14.7 Å². The number of hydrogen-bond acceptors (Lipinski definition) is 7. The third-order valence-corrected chi connectivity index (χ3v) is 3.94. The van der Waals surface area contributed by atoms with E-state index in [1.54, 1.807) is 24.5 Å². The molecule has 0 aliphatic carbocycles. The molecule has 1 aliphatic rings. The Balaban J connectivity index is 1.42. The number of anilines is 1. The van der Waals surface area contributed by atoms with E-state index in [9.17, 15) is 4.79 Å². The minimum absolute atomic E-state index is 0.246. The van der Waals surface area contributed by atoms with Crippen LogP contribution in [0.1, 0.15) is 16.1 Å². The largest absolute Gasteiger partial charge is 0.379 e. The van der Waals surface area contributed by atoms with Gasteiger partial charge < -0.3 is 15.4 Å². The second-order valence-electron chi connectivity index (χ2n) is 5.72. The number of hydrogen-bond donors (Lipinski definition) is 2. The molecule has 2 aromatic heterocycles. The van der Waals surface area contributed by atoms with Crippen LogP contribution in [0.5, 0.6) is 0 Å². The number of amides is 1. The third kappa shape index (κ3) is 5.47.